The van der Waals surface area contributed by atoms with Gasteiger partial charge in [0.1, 0.15) is 0 Å². The van der Waals surface area contributed by atoms with Crippen molar-refractivity contribution in [3.8, 4) is 0 Å². The van der Waals surface area contributed by atoms with Crippen LogP contribution >= 0.6 is 23.2 Å². The molecule has 1 fully saturated rings. The number of alkyl halides is 2. The minimum atomic E-state index is -3.78. The van der Waals surface area contributed by atoms with Crippen molar-refractivity contribution in [1.29, 1.82) is 0 Å². The van der Waals surface area contributed by atoms with Crippen molar-refractivity contribution in [3.63, 3.8) is 0 Å². The van der Waals surface area contributed by atoms with E-state index < -0.39 is 20.1 Å². The smallest absolute Gasteiger partial charge is 0.249 e. The van der Waals surface area contributed by atoms with Gasteiger partial charge >= 0.3 is 0 Å². The Hall–Kier alpha value is -1.47. The third kappa shape index (κ3) is 5.61. The highest BCUT2D eigenvalue weighted by molar-refractivity contribution is 7.94. The summed E-state index contributed by atoms with van der Waals surface area (Å²) < 4.78 is 27.1. The lowest BCUT2D eigenvalue weighted by atomic mass is 10.0. The minimum absolute atomic E-state index is 0.114. The SMILES string of the molecule is CCc1cc(NS(=O)(=O)C(Cl)CC(Cl)c2ccccc2C)ccc1N1CCNCC1. The highest BCUT2D eigenvalue weighted by Gasteiger charge is 2.27. The van der Waals surface area contributed by atoms with E-state index in [9.17, 15) is 8.42 Å². The number of aryl methyl sites for hydroxylation is 2. The van der Waals surface area contributed by atoms with E-state index in [2.05, 4.69) is 21.9 Å². The molecule has 2 aromatic rings. The maximum Gasteiger partial charge on any atom is 0.249 e. The van der Waals surface area contributed by atoms with Crippen molar-refractivity contribution in [2.45, 2.75) is 36.8 Å². The molecule has 0 aromatic heterocycles. The van der Waals surface area contributed by atoms with Gasteiger partial charge in [-0.05, 0) is 48.2 Å². The summed E-state index contributed by atoms with van der Waals surface area (Å²) >= 11 is 12.8. The first-order valence-corrected chi connectivity index (χ1v) is 12.7. The predicted octanol–water partition coefficient (Wildman–Crippen LogP) is 4.64. The van der Waals surface area contributed by atoms with E-state index in [0.29, 0.717) is 5.69 Å². The second-order valence-electron chi connectivity index (χ2n) is 7.55. The molecular weight excluding hydrogens is 441 g/mol. The molecule has 2 atom stereocenters. The Morgan fingerprint density at radius 3 is 2.50 bits per heavy atom. The van der Waals surface area contributed by atoms with E-state index in [4.69, 9.17) is 23.2 Å². The Morgan fingerprint density at radius 2 is 1.83 bits per heavy atom. The molecule has 2 unspecified atom stereocenters. The zero-order valence-electron chi connectivity index (χ0n) is 17.4. The normalized spacial score (nSPS) is 16.9. The van der Waals surface area contributed by atoms with Gasteiger partial charge in [-0.25, -0.2) is 8.42 Å². The summed E-state index contributed by atoms with van der Waals surface area (Å²) in [5.74, 6) is 0. The fraction of sp³-hybridized carbons (Fsp3) is 0.455. The molecule has 1 aliphatic rings. The van der Waals surface area contributed by atoms with Crippen LogP contribution in [0, 0.1) is 6.92 Å². The third-order valence-corrected chi connectivity index (χ3v) is 8.11. The summed E-state index contributed by atoms with van der Waals surface area (Å²) in [6, 6.07) is 13.4. The van der Waals surface area contributed by atoms with Gasteiger partial charge < -0.3 is 10.2 Å². The Labute approximate surface area is 189 Å². The number of anilines is 2. The summed E-state index contributed by atoms with van der Waals surface area (Å²) in [7, 11) is -3.78. The number of benzene rings is 2. The van der Waals surface area contributed by atoms with Crippen LogP contribution in [0.2, 0.25) is 0 Å². The van der Waals surface area contributed by atoms with Gasteiger partial charge in [0.15, 0.2) is 4.71 Å². The molecule has 1 saturated heterocycles. The Morgan fingerprint density at radius 1 is 1.13 bits per heavy atom. The molecule has 0 spiro atoms. The van der Waals surface area contributed by atoms with Crippen LogP contribution in [0.1, 0.15) is 35.4 Å². The van der Waals surface area contributed by atoms with Crippen LogP contribution < -0.4 is 14.9 Å². The number of hydrogen-bond acceptors (Lipinski definition) is 4. The lowest BCUT2D eigenvalue weighted by molar-refractivity contribution is 0.588. The van der Waals surface area contributed by atoms with Gasteiger partial charge in [-0.15, -0.1) is 23.2 Å². The van der Waals surface area contributed by atoms with Crippen molar-refractivity contribution < 1.29 is 8.42 Å². The second kappa shape index (κ2) is 10.2. The molecule has 0 aliphatic carbocycles. The molecule has 2 N–H and O–H groups in total. The number of sulfonamides is 1. The second-order valence-corrected chi connectivity index (χ2v) is 10.7. The summed E-state index contributed by atoms with van der Waals surface area (Å²) in [5.41, 5.74) is 4.71. The van der Waals surface area contributed by atoms with Crippen LogP contribution in [0.15, 0.2) is 42.5 Å². The first kappa shape index (κ1) is 23.2. The van der Waals surface area contributed by atoms with Gasteiger partial charge in [0.25, 0.3) is 0 Å². The van der Waals surface area contributed by atoms with E-state index in [1.165, 1.54) is 0 Å². The van der Waals surface area contributed by atoms with Crippen LogP contribution in [0.5, 0.6) is 0 Å². The molecule has 2 aromatic carbocycles. The zero-order valence-corrected chi connectivity index (χ0v) is 19.7. The lowest BCUT2D eigenvalue weighted by Gasteiger charge is -2.31. The maximum atomic E-state index is 12.8. The number of piperazine rings is 1. The highest BCUT2D eigenvalue weighted by Crippen LogP contribution is 2.32. The monoisotopic (exact) mass is 469 g/mol. The molecule has 0 amide bonds. The van der Waals surface area contributed by atoms with E-state index in [1.54, 1.807) is 6.07 Å². The Balaban J connectivity index is 1.71. The predicted molar refractivity (Wildman–Crippen MR) is 127 cm³/mol. The summed E-state index contributed by atoms with van der Waals surface area (Å²) in [6.45, 7) is 7.81. The number of nitrogens with one attached hydrogen (secondary N) is 2. The minimum Gasteiger partial charge on any atom is -0.369 e. The van der Waals surface area contributed by atoms with E-state index in [-0.39, 0.29) is 6.42 Å². The van der Waals surface area contributed by atoms with Gasteiger partial charge in [0.05, 0.1) is 5.38 Å². The highest BCUT2D eigenvalue weighted by atomic mass is 35.5. The van der Waals surface area contributed by atoms with Crippen molar-refractivity contribution in [1.82, 2.24) is 5.32 Å². The van der Waals surface area contributed by atoms with Crippen LogP contribution in [-0.2, 0) is 16.4 Å². The standard InChI is InChI=1S/C22H29Cl2N3O2S/c1-3-17-14-18(8-9-21(17)27-12-10-25-11-13-27)26-30(28,29)22(24)15-20(23)19-7-5-4-6-16(19)2/h4-9,14,20,22,25-26H,3,10-13,15H2,1-2H3. The first-order chi connectivity index (χ1) is 14.3. The largest absolute Gasteiger partial charge is 0.369 e. The Bertz CT molecular complexity index is 963. The van der Waals surface area contributed by atoms with Crippen molar-refractivity contribution in [2.75, 3.05) is 35.8 Å². The molecule has 8 heteroatoms. The van der Waals surface area contributed by atoms with Crippen molar-refractivity contribution >= 4 is 44.6 Å². The van der Waals surface area contributed by atoms with Crippen LogP contribution in [0.25, 0.3) is 0 Å². The molecule has 1 aliphatic heterocycles. The average molecular weight is 470 g/mol. The maximum absolute atomic E-state index is 12.8. The topological polar surface area (TPSA) is 61.4 Å². The Kier molecular flexibility index (Phi) is 7.91. The molecule has 0 saturated carbocycles. The number of nitrogens with zero attached hydrogens (tertiary/aromatic N) is 1. The summed E-state index contributed by atoms with van der Waals surface area (Å²) in [6.07, 6.45) is 0.930. The number of hydrogen-bond donors (Lipinski definition) is 2. The van der Waals surface area contributed by atoms with E-state index in [0.717, 1.165) is 55.0 Å². The molecular formula is C22H29Cl2N3O2S. The number of halogens is 2. The fourth-order valence-electron chi connectivity index (χ4n) is 3.73. The van der Waals surface area contributed by atoms with Crippen molar-refractivity contribution in [2.24, 2.45) is 0 Å². The molecule has 1 heterocycles. The van der Waals surface area contributed by atoms with Crippen LogP contribution in [0.4, 0.5) is 11.4 Å². The summed E-state index contributed by atoms with van der Waals surface area (Å²) in [5, 5.41) is 2.87. The molecule has 5 nitrogen and oxygen atoms in total. The quantitative estimate of drug-likeness (QED) is 0.552. The van der Waals surface area contributed by atoms with Gasteiger partial charge in [-0.3, -0.25) is 4.72 Å². The first-order valence-electron chi connectivity index (χ1n) is 10.3. The van der Waals surface area contributed by atoms with E-state index in [1.807, 2.05) is 43.3 Å². The molecule has 0 bridgehead atoms. The number of rotatable bonds is 8. The van der Waals surface area contributed by atoms with Crippen molar-refractivity contribution in [3.05, 3.63) is 59.2 Å². The molecule has 0 radical (unpaired) electrons. The van der Waals surface area contributed by atoms with Gasteiger partial charge in [-0.2, -0.15) is 0 Å². The van der Waals surface area contributed by atoms with Crippen LogP contribution in [0.3, 0.4) is 0 Å². The van der Waals surface area contributed by atoms with Gasteiger partial charge in [0, 0.05) is 44.0 Å². The molecule has 164 valence electrons. The zero-order chi connectivity index (χ0) is 21.7. The van der Waals surface area contributed by atoms with Gasteiger partial charge in [-0.1, -0.05) is 31.2 Å². The fourth-order valence-corrected chi connectivity index (χ4v) is 5.69. The average Bonchev–Trinajstić information content (AvgIpc) is 2.74. The van der Waals surface area contributed by atoms with Gasteiger partial charge in [0.2, 0.25) is 10.0 Å². The molecule has 3 rings (SSSR count). The lowest BCUT2D eigenvalue weighted by Crippen LogP contribution is -2.43. The van der Waals surface area contributed by atoms with Crippen LogP contribution in [-0.4, -0.2) is 39.3 Å². The summed E-state index contributed by atoms with van der Waals surface area (Å²) in [4.78, 5) is 2.33. The third-order valence-electron chi connectivity index (χ3n) is 5.43. The molecule has 30 heavy (non-hydrogen) atoms. The van der Waals surface area contributed by atoms with E-state index >= 15 is 0 Å².